The van der Waals surface area contributed by atoms with Crippen LogP contribution in [0.3, 0.4) is 0 Å². The number of hydrogen-bond donors (Lipinski definition) is 0. The molecular weight excluding hydrogens is 499 g/mol. The summed E-state index contributed by atoms with van der Waals surface area (Å²) in [7, 11) is 1.28. The summed E-state index contributed by atoms with van der Waals surface area (Å²) in [6.07, 6.45) is 5.16. The zero-order valence-electron chi connectivity index (χ0n) is 21.9. The van der Waals surface area contributed by atoms with Gasteiger partial charge in [0.15, 0.2) is 0 Å². The molecule has 0 N–H and O–H groups in total. The van der Waals surface area contributed by atoms with Crippen LogP contribution in [-0.4, -0.2) is 35.2 Å². The van der Waals surface area contributed by atoms with Crippen molar-refractivity contribution in [3.8, 4) is 11.1 Å². The third-order valence-corrected chi connectivity index (χ3v) is 7.19. The summed E-state index contributed by atoms with van der Waals surface area (Å²) in [6.45, 7) is 2.07. The van der Waals surface area contributed by atoms with E-state index < -0.39 is 23.2 Å². The third kappa shape index (κ3) is 5.06. The Labute approximate surface area is 225 Å². The number of hydrogen-bond acceptors (Lipinski definition) is 6. The van der Waals surface area contributed by atoms with Crippen LogP contribution in [0.2, 0.25) is 0 Å². The number of fused-ring (bicyclic) bond motifs is 1. The number of rotatable bonds is 7. The van der Waals surface area contributed by atoms with Crippen LogP contribution in [0.15, 0.2) is 65.6 Å². The van der Waals surface area contributed by atoms with Crippen LogP contribution in [0, 0.1) is 5.82 Å². The molecule has 2 aromatic heterocycles. The minimum atomic E-state index is -0.768. The van der Waals surface area contributed by atoms with Gasteiger partial charge in [-0.1, -0.05) is 55.3 Å². The van der Waals surface area contributed by atoms with Crippen LogP contribution in [0.5, 0.6) is 0 Å². The summed E-state index contributed by atoms with van der Waals surface area (Å²) in [5, 5.41) is 0.0882. The van der Waals surface area contributed by atoms with E-state index in [-0.39, 0.29) is 34.6 Å². The average molecular weight is 529 g/mol. The van der Waals surface area contributed by atoms with Crippen LogP contribution < -0.4 is 5.43 Å². The smallest absolute Gasteiger partial charge is 0.343 e. The Bertz CT molecular complexity index is 1590. The van der Waals surface area contributed by atoms with E-state index in [4.69, 9.17) is 14.5 Å². The molecule has 1 saturated carbocycles. The Kier molecular flexibility index (Phi) is 7.54. The first-order chi connectivity index (χ1) is 18.9. The number of aromatic nitrogens is 2. The number of ether oxygens (including phenoxy) is 2. The van der Waals surface area contributed by atoms with Crippen LogP contribution in [-0.2, 0) is 16.0 Å². The zero-order chi connectivity index (χ0) is 27.5. The summed E-state index contributed by atoms with van der Waals surface area (Å²) in [5.74, 6) is -1.87. The molecule has 8 heteroatoms. The molecule has 0 saturated heterocycles. The Balaban J connectivity index is 1.94. The van der Waals surface area contributed by atoms with E-state index in [2.05, 4.69) is 0 Å². The number of benzene rings is 2. The lowest BCUT2D eigenvalue weighted by molar-refractivity contribution is 0.0523. The molecule has 0 radical (unpaired) electrons. The van der Waals surface area contributed by atoms with Crippen LogP contribution in [0.4, 0.5) is 4.39 Å². The Morgan fingerprint density at radius 2 is 1.72 bits per heavy atom. The zero-order valence-corrected chi connectivity index (χ0v) is 21.9. The highest BCUT2D eigenvalue weighted by Crippen LogP contribution is 2.40. The normalized spacial score (nSPS) is 13.5. The van der Waals surface area contributed by atoms with Gasteiger partial charge in [-0.2, -0.15) is 0 Å². The molecule has 39 heavy (non-hydrogen) atoms. The number of carbonyl (C=O) groups is 2. The van der Waals surface area contributed by atoms with E-state index in [9.17, 15) is 18.8 Å². The number of nitrogens with zero attached hydrogens (tertiary/aromatic N) is 2. The molecule has 0 atom stereocenters. The van der Waals surface area contributed by atoms with Gasteiger partial charge in [0.05, 0.1) is 30.4 Å². The monoisotopic (exact) mass is 528 g/mol. The first-order valence-electron chi connectivity index (χ1n) is 13.1. The van der Waals surface area contributed by atoms with Crippen LogP contribution in [0.25, 0.3) is 22.2 Å². The second-order valence-electron chi connectivity index (χ2n) is 9.63. The van der Waals surface area contributed by atoms with Gasteiger partial charge < -0.3 is 14.0 Å². The van der Waals surface area contributed by atoms with E-state index >= 15 is 0 Å². The lowest BCUT2D eigenvalue weighted by Gasteiger charge is -2.22. The molecule has 4 aromatic rings. The maximum atomic E-state index is 14.0. The van der Waals surface area contributed by atoms with Gasteiger partial charge in [-0.05, 0) is 43.0 Å². The van der Waals surface area contributed by atoms with Crippen LogP contribution >= 0.6 is 0 Å². The van der Waals surface area contributed by atoms with Crippen molar-refractivity contribution in [1.29, 1.82) is 0 Å². The summed E-state index contributed by atoms with van der Waals surface area (Å²) in [6, 6.07) is 15.2. The minimum Gasteiger partial charge on any atom is -0.465 e. The van der Waals surface area contributed by atoms with Gasteiger partial charge >= 0.3 is 11.9 Å². The second-order valence-corrected chi connectivity index (χ2v) is 9.63. The van der Waals surface area contributed by atoms with Gasteiger partial charge in [0, 0.05) is 24.2 Å². The van der Waals surface area contributed by atoms with Crippen molar-refractivity contribution in [2.24, 2.45) is 0 Å². The lowest BCUT2D eigenvalue weighted by atomic mass is 9.89. The number of halogens is 1. The molecule has 0 spiro atoms. The fourth-order valence-corrected chi connectivity index (χ4v) is 5.39. The van der Waals surface area contributed by atoms with E-state index in [1.54, 1.807) is 11.5 Å². The summed E-state index contributed by atoms with van der Waals surface area (Å²) in [4.78, 5) is 45.3. The van der Waals surface area contributed by atoms with Crippen molar-refractivity contribution in [2.75, 3.05) is 13.7 Å². The summed E-state index contributed by atoms with van der Waals surface area (Å²) < 4.78 is 26.1. The Morgan fingerprint density at radius 1 is 1.03 bits per heavy atom. The summed E-state index contributed by atoms with van der Waals surface area (Å²) >= 11 is 0. The highest BCUT2D eigenvalue weighted by molar-refractivity contribution is 6.08. The Hall–Kier alpha value is -4.33. The van der Waals surface area contributed by atoms with Crippen molar-refractivity contribution >= 4 is 23.0 Å². The quantitative estimate of drug-likeness (QED) is 0.279. The van der Waals surface area contributed by atoms with Gasteiger partial charge in [-0.25, -0.2) is 19.0 Å². The molecule has 1 fully saturated rings. The van der Waals surface area contributed by atoms with Gasteiger partial charge in [0.2, 0.25) is 5.43 Å². The number of methoxy groups -OCH3 is 1. The largest absolute Gasteiger partial charge is 0.465 e. The molecule has 1 aliphatic carbocycles. The molecule has 200 valence electrons. The molecule has 2 aromatic carbocycles. The van der Waals surface area contributed by atoms with E-state index in [0.717, 1.165) is 31.2 Å². The van der Waals surface area contributed by atoms with Crippen molar-refractivity contribution in [2.45, 2.75) is 45.1 Å². The SMILES string of the molecule is CCOC(=O)c1cn(Cc2ccccc2)c2nc(C3CCCC3)c(C(=O)OC)c(-c3ccc(F)cc3)c2c1=O. The molecule has 7 nitrogen and oxygen atoms in total. The maximum absolute atomic E-state index is 14.0. The molecule has 0 aliphatic heterocycles. The van der Waals surface area contributed by atoms with Crippen LogP contribution in [0.1, 0.15) is 70.5 Å². The lowest BCUT2D eigenvalue weighted by Crippen LogP contribution is -2.24. The first kappa shape index (κ1) is 26.3. The van der Waals surface area contributed by atoms with Gasteiger partial charge in [0.1, 0.15) is 17.0 Å². The maximum Gasteiger partial charge on any atom is 0.343 e. The number of esters is 2. The predicted octanol–water partition coefficient (Wildman–Crippen LogP) is 5.87. The number of carbonyl (C=O) groups excluding carboxylic acids is 2. The molecule has 1 aliphatic rings. The molecule has 2 heterocycles. The minimum absolute atomic E-state index is 0.00675. The molecule has 0 unspecified atom stereocenters. The van der Waals surface area contributed by atoms with E-state index in [1.165, 1.54) is 37.6 Å². The first-order valence-corrected chi connectivity index (χ1v) is 13.1. The molecule has 0 bridgehead atoms. The van der Waals surface area contributed by atoms with Crippen molar-refractivity contribution in [1.82, 2.24) is 9.55 Å². The fourth-order valence-electron chi connectivity index (χ4n) is 5.39. The number of pyridine rings is 2. The average Bonchev–Trinajstić information content (AvgIpc) is 3.49. The topological polar surface area (TPSA) is 87.5 Å². The molecule has 0 amide bonds. The van der Waals surface area contributed by atoms with Crippen molar-refractivity contribution in [3.63, 3.8) is 0 Å². The second kappa shape index (κ2) is 11.2. The molecule has 5 rings (SSSR count). The molecular formula is C31H29FN2O5. The Morgan fingerprint density at radius 3 is 2.36 bits per heavy atom. The highest BCUT2D eigenvalue weighted by atomic mass is 19.1. The van der Waals surface area contributed by atoms with Gasteiger partial charge in [-0.15, -0.1) is 0 Å². The third-order valence-electron chi connectivity index (χ3n) is 7.19. The van der Waals surface area contributed by atoms with E-state index in [0.29, 0.717) is 23.4 Å². The van der Waals surface area contributed by atoms with Gasteiger partial charge in [-0.3, -0.25) is 4.79 Å². The standard InChI is InChI=1S/C31H29FN2O5/c1-3-39-30(36)23-18-34(17-19-9-5-4-6-10-19)29-26(28(23)35)24(20-13-15-22(32)16-14-20)25(31(37)38-2)27(33-29)21-11-7-8-12-21/h4-6,9-10,13-16,18,21H,3,7-8,11-12,17H2,1-2H3. The highest BCUT2D eigenvalue weighted by Gasteiger charge is 2.32. The predicted molar refractivity (Wildman–Crippen MR) is 145 cm³/mol. The van der Waals surface area contributed by atoms with Crippen molar-refractivity contribution in [3.05, 3.63) is 99.2 Å². The fraction of sp³-hybridized carbons (Fsp3) is 0.290. The van der Waals surface area contributed by atoms with Gasteiger partial charge in [0.25, 0.3) is 0 Å². The summed E-state index contributed by atoms with van der Waals surface area (Å²) in [5.41, 5.74) is 1.95. The van der Waals surface area contributed by atoms with E-state index in [1.807, 2.05) is 30.3 Å². The van der Waals surface area contributed by atoms with Crippen molar-refractivity contribution < 1.29 is 23.5 Å².